The minimum Gasteiger partial charge on any atom is -0.354 e. The highest BCUT2D eigenvalue weighted by molar-refractivity contribution is 5.77. The van der Waals surface area contributed by atoms with Crippen LogP contribution in [0.4, 0.5) is 0 Å². The summed E-state index contributed by atoms with van der Waals surface area (Å²) in [5, 5.41) is 2.90. The lowest BCUT2D eigenvalue weighted by Crippen LogP contribution is -2.41. The van der Waals surface area contributed by atoms with Crippen LogP contribution in [0.25, 0.3) is 0 Å². The van der Waals surface area contributed by atoms with Crippen LogP contribution in [-0.2, 0) is 16.0 Å². The standard InChI is InChI=1S/C17H24N2O2/c1-14-5-7-15(8-6-14)9-10-16(20)18-11-13-19-12-3-2-4-17(19)21/h5-8H,2-4,9-13H2,1H3,(H,18,20). The second kappa shape index (κ2) is 7.81. The molecule has 0 aromatic heterocycles. The number of amides is 2. The van der Waals surface area contributed by atoms with Crippen LogP contribution in [0.5, 0.6) is 0 Å². The fraction of sp³-hybridized carbons (Fsp3) is 0.529. The third-order valence-corrected chi connectivity index (χ3v) is 3.89. The molecular formula is C17H24N2O2. The molecule has 0 saturated carbocycles. The summed E-state index contributed by atoms with van der Waals surface area (Å²) in [5.41, 5.74) is 2.41. The second-order valence-corrected chi connectivity index (χ2v) is 5.67. The fourth-order valence-corrected chi connectivity index (χ4v) is 2.53. The first-order valence-electron chi connectivity index (χ1n) is 7.75. The molecule has 21 heavy (non-hydrogen) atoms. The molecule has 114 valence electrons. The molecule has 1 aromatic carbocycles. The lowest BCUT2D eigenvalue weighted by atomic mass is 10.1. The van der Waals surface area contributed by atoms with Gasteiger partial charge < -0.3 is 10.2 Å². The number of hydrogen-bond acceptors (Lipinski definition) is 2. The average Bonchev–Trinajstić information content (AvgIpc) is 2.49. The van der Waals surface area contributed by atoms with E-state index in [1.807, 2.05) is 4.90 Å². The van der Waals surface area contributed by atoms with Crippen LogP contribution in [0.3, 0.4) is 0 Å². The van der Waals surface area contributed by atoms with Crippen molar-refractivity contribution in [3.05, 3.63) is 35.4 Å². The molecule has 0 atom stereocenters. The number of nitrogens with one attached hydrogen (secondary N) is 1. The van der Waals surface area contributed by atoms with E-state index in [1.54, 1.807) is 0 Å². The number of nitrogens with zero attached hydrogens (tertiary/aromatic N) is 1. The predicted octanol–water partition coefficient (Wildman–Crippen LogP) is 2.06. The lowest BCUT2D eigenvalue weighted by molar-refractivity contribution is -0.133. The SMILES string of the molecule is Cc1ccc(CCC(=O)NCCN2CCCCC2=O)cc1. The van der Waals surface area contributed by atoms with E-state index in [4.69, 9.17) is 0 Å². The van der Waals surface area contributed by atoms with Crippen molar-refractivity contribution in [2.45, 2.75) is 39.0 Å². The molecule has 2 rings (SSSR count). The van der Waals surface area contributed by atoms with Gasteiger partial charge in [0, 0.05) is 32.5 Å². The Kier molecular flexibility index (Phi) is 5.78. The number of aryl methyl sites for hydroxylation is 2. The van der Waals surface area contributed by atoms with E-state index in [0.717, 1.165) is 25.8 Å². The van der Waals surface area contributed by atoms with Gasteiger partial charge in [0.05, 0.1) is 0 Å². The predicted molar refractivity (Wildman–Crippen MR) is 82.9 cm³/mol. The number of piperidine rings is 1. The Morgan fingerprint density at radius 1 is 1.24 bits per heavy atom. The van der Waals surface area contributed by atoms with Gasteiger partial charge in [-0.25, -0.2) is 0 Å². The van der Waals surface area contributed by atoms with Crippen molar-refractivity contribution < 1.29 is 9.59 Å². The third kappa shape index (κ3) is 5.21. The van der Waals surface area contributed by atoms with Gasteiger partial charge in [-0.15, -0.1) is 0 Å². The Morgan fingerprint density at radius 2 is 2.00 bits per heavy atom. The van der Waals surface area contributed by atoms with Crippen LogP contribution in [0.2, 0.25) is 0 Å². The van der Waals surface area contributed by atoms with Gasteiger partial charge in [0.2, 0.25) is 11.8 Å². The zero-order valence-electron chi connectivity index (χ0n) is 12.7. The normalized spacial score (nSPS) is 15.1. The molecule has 4 nitrogen and oxygen atoms in total. The number of rotatable bonds is 6. The molecule has 0 bridgehead atoms. The number of carbonyl (C=O) groups is 2. The molecule has 1 N–H and O–H groups in total. The minimum absolute atomic E-state index is 0.0556. The van der Waals surface area contributed by atoms with Gasteiger partial charge in [0.15, 0.2) is 0 Å². The van der Waals surface area contributed by atoms with Crippen molar-refractivity contribution in [2.75, 3.05) is 19.6 Å². The number of carbonyl (C=O) groups excluding carboxylic acids is 2. The average molecular weight is 288 g/mol. The van der Waals surface area contributed by atoms with Crippen LogP contribution < -0.4 is 5.32 Å². The Labute approximate surface area is 126 Å². The van der Waals surface area contributed by atoms with Gasteiger partial charge in [0.25, 0.3) is 0 Å². The number of likely N-dealkylation sites (tertiary alicyclic amines) is 1. The van der Waals surface area contributed by atoms with Gasteiger partial charge in [-0.3, -0.25) is 9.59 Å². The zero-order valence-corrected chi connectivity index (χ0v) is 12.7. The smallest absolute Gasteiger partial charge is 0.222 e. The van der Waals surface area contributed by atoms with Gasteiger partial charge in [-0.05, 0) is 31.7 Å². The molecule has 1 aliphatic rings. The highest BCUT2D eigenvalue weighted by atomic mass is 16.2. The fourth-order valence-electron chi connectivity index (χ4n) is 2.53. The number of hydrogen-bond donors (Lipinski definition) is 1. The molecule has 0 radical (unpaired) electrons. The molecule has 0 spiro atoms. The molecular weight excluding hydrogens is 264 g/mol. The number of benzene rings is 1. The van der Waals surface area contributed by atoms with Crippen LogP contribution >= 0.6 is 0 Å². The van der Waals surface area contributed by atoms with Crippen molar-refractivity contribution in [3.8, 4) is 0 Å². The van der Waals surface area contributed by atoms with Crippen molar-refractivity contribution >= 4 is 11.8 Å². The largest absolute Gasteiger partial charge is 0.354 e. The van der Waals surface area contributed by atoms with Crippen LogP contribution in [0, 0.1) is 6.92 Å². The van der Waals surface area contributed by atoms with Gasteiger partial charge in [-0.1, -0.05) is 29.8 Å². The van der Waals surface area contributed by atoms with Crippen molar-refractivity contribution in [3.63, 3.8) is 0 Å². The summed E-state index contributed by atoms with van der Waals surface area (Å²) < 4.78 is 0. The van der Waals surface area contributed by atoms with E-state index in [0.29, 0.717) is 25.9 Å². The molecule has 0 aliphatic carbocycles. The maximum atomic E-state index is 11.8. The van der Waals surface area contributed by atoms with E-state index in [9.17, 15) is 9.59 Å². The first-order chi connectivity index (χ1) is 10.1. The molecule has 2 amide bonds. The Balaban J connectivity index is 1.63. The van der Waals surface area contributed by atoms with Crippen LogP contribution in [0.15, 0.2) is 24.3 Å². The summed E-state index contributed by atoms with van der Waals surface area (Å²) in [6.07, 6.45) is 3.98. The van der Waals surface area contributed by atoms with E-state index in [2.05, 4.69) is 36.5 Å². The van der Waals surface area contributed by atoms with Crippen molar-refractivity contribution in [1.29, 1.82) is 0 Å². The van der Waals surface area contributed by atoms with Crippen molar-refractivity contribution in [1.82, 2.24) is 10.2 Å². The molecule has 4 heteroatoms. The minimum atomic E-state index is 0.0556. The van der Waals surface area contributed by atoms with E-state index < -0.39 is 0 Å². The molecule has 1 heterocycles. The zero-order chi connectivity index (χ0) is 15.1. The molecule has 1 saturated heterocycles. The lowest BCUT2D eigenvalue weighted by Gasteiger charge is -2.26. The summed E-state index contributed by atoms with van der Waals surface area (Å²) in [7, 11) is 0. The molecule has 1 fully saturated rings. The summed E-state index contributed by atoms with van der Waals surface area (Å²) in [5.74, 6) is 0.273. The van der Waals surface area contributed by atoms with Gasteiger partial charge in [0.1, 0.15) is 0 Å². The first kappa shape index (κ1) is 15.5. The van der Waals surface area contributed by atoms with E-state index in [-0.39, 0.29) is 11.8 Å². The van der Waals surface area contributed by atoms with Crippen LogP contribution in [0.1, 0.15) is 36.8 Å². The highest BCUT2D eigenvalue weighted by Crippen LogP contribution is 2.09. The second-order valence-electron chi connectivity index (χ2n) is 5.67. The van der Waals surface area contributed by atoms with Crippen molar-refractivity contribution in [2.24, 2.45) is 0 Å². The van der Waals surface area contributed by atoms with E-state index in [1.165, 1.54) is 11.1 Å². The quantitative estimate of drug-likeness (QED) is 0.871. The van der Waals surface area contributed by atoms with E-state index >= 15 is 0 Å². The Hall–Kier alpha value is -1.84. The maximum absolute atomic E-state index is 11.8. The first-order valence-corrected chi connectivity index (χ1v) is 7.75. The maximum Gasteiger partial charge on any atom is 0.222 e. The summed E-state index contributed by atoms with van der Waals surface area (Å²) in [4.78, 5) is 25.3. The monoisotopic (exact) mass is 288 g/mol. The highest BCUT2D eigenvalue weighted by Gasteiger charge is 2.17. The van der Waals surface area contributed by atoms with Crippen LogP contribution in [-0.4, -0.2) is 36.3 Å². The third-order valence-electron chi connectivity index (χ3n) is 3.89. The molecule has 0 unspecified atom stereocenters. The molecule has 1 aliphatic heterocycles. The Bertz CT molecular complexity index is 482. The molecule has 1 aromatic rings. The topological polar surface area (TPSA) is 49.4 Å². The van der Waals surface area contributed by atoms with Gasteiger partial charge >= 0.3 is 0 Å². The summed E-state index contributed by atoms with van der Waals surface area (Å²) in [6, 6.07) is 8.26. The van der Waals surface area contributed by atoms with Gasteiger partial charge in [-0.2, -0.15) is 0 Å². The Morgan fingerprint density at radius 3 is 2.71 bits per heavy atom. The summed E-state index contributed by atoms with van der Waals surface area (Å²) >= 11 is 0. The summed E-state index contributed by atoms with van der Waals surface area (Å²) in [6.45, 7) is 4.07.